The Bertz CT molecular complexity index is 363. The number of hydrogen-bond acceptors (Lipinski definition) is 2. The minimum atomic E-state index is -2.62. The topological polar surface area (TPSA) is 55.1 Å². The summed E-state index contributed by atoms with van der Waals surface area (Å²) >= 11 is 0. The van der Waals surface area contributed by atoms with Crippen LogP contribution in [0.25, 0.3) is 0 Å². The summed E-state index contributed by atoms with van der Waals surface area (Å²) in [7, 11) is 0. The van der Waals surface area contributed by atoms with Crippen LogP contribution in [0.2, 0.25) is 0 Å². The summed E-state index contributed by atoms with van der Waals surface area (Å²) in [5.41, 5.74) is 0.226. The number of nitrogens with zero attached hydrogens (tertiary/aromatic N) is 2. The van der Waals surface area contributed by atoms with Gasteiger partial charge in [-0.1, -0.05) is 0 Å². The molecule has 1 N–H and O–H groups in total. The van der Waals surface area contributed by atoms with E-state index in [-0.39, 0.29) is 12.1 Å². The number of aryl methyl sites for hydroxylation is 1. The van der Waals surface area contributed by atoms with Crippen molar-refractivity contribution in [2.75, 3.05) is 0 Å². The molecule has 0 spiro atoms. The van der Waals surface area contributed by atoms with Crippen LogP contribution in [-0.4, -0.2) is 20.9 Å². The van der Waals surface area contributed by atoms with Crippen molar-refractivity contribution in [3.63, 3.8) is 0 Å². The van der Waals surface area contributed by atoms with E-state index in [1.165, 1.54) is 10.7 Å². The van der Waals surface area contributed by atoms with Gasteiger partial charge in [-0.15, -0.1) is 0 Å². The van der Waals surface area contributed by atoms with Gasteiger partial charge >= 0.3 is 5.97 Å². The van der Waals surface area contributed by atoms with Gasteiger partial charge in [0.05, 0.1) is 12.5 Å². The highest BCUT2D eigenvalue weighted by Crippen LogP contribution is 2.21. The van der Waals surface area contributed by atoms with Gasteiger partial charge in [-0.05, 0) is 19.9 Å². The Morgan fingerprint density at radius 1 is 1.67 bits per heavy atom. The number of rotatable bonds is 4. The Balaban J connectivity index is 2.89. The second-order valence-electron chi connectivity index (χ2n) is 3.40. The van der Waals surface area contributed by atoms with Crippen molar-refractivity contribution < 1.29 is 18.7 Å². The number of carbonyl (C=O) groups is 1. The van der Waals surface area contributed by atoms with Gasteiger partial charge in [0.2, 0.25) is 0 Å². The van der Waals surface area contributed by atoms with E-state index >= 15 is 0 Å². The molecule has 84 valence electrons. The lowest BCUT2D eigenvalue weighted by molar-refractivity contribution is -0.137. The van der Waals surface area contributed by atoms with E-state index in [4.69, 9.17) is 5.11 Å². The Labute approximate surface area is 85.5 Å². The van der Waals surface area contributed by atoms with Crippen LogP contribution in [0, 0.1) is 6.92 Å². The molecular formula is C9H12F2N2O2. The molecule has 1 unspecified atom stereocenters. The van der Waals surface area contributed by atoms with Crippen LogP contribution < -0.4 is 0 Å². The monoisotopic (exact) mass is 218 g/mol. The number of aromatic nitrogens is 2. The van der Waals surface area contributed by atoms with Gasteiger partial charge in [0.1, 0.15) is 5.69 Å². The molecule has 0 saturated carbocycles. The zero-order valence-electron chi connectivity index (χ0n) is 8.44. The molecule has 1 atom stereocenters. The van der Waals surface area contributed by atoms with E-state index in [9.17, 15) is 13.6 Å². The maximum Gasteiger partial charge on any atom is 0.305 e. The Hall–Kier alpha value is -1.46. The zero-order chi connectivity index (χ0) is 11.6. The highest BCUT2D eigenvalue weighted by atomic mass is 19.3. The molecule has 1 rings (SSSR count). The predicted molar refractivity (Wildman–Crippen MR) is 48.9 cm³/mol. The molecule has 1 heterocycles. The maximum atomic E-state index is 12.3. The van der Waals surface area contributed by atoms with Crippen LogP contribution in [0.5, 0.6) is 0 Å². The molecule has 0 aliphatic heterocycles. The first-order chi connectivity index (χ1) is 6.91. The van der Waals surface area contributed by atoms with Crippen LogP contribution in [0.1, 0.15) is 37.2 Å². The van der Waals surface area contributed by atoms with Crippen LogP contribution in [0.4, 0.5) is 8.78 Å². The van der Waals surface area contributed by atoms with Gasteiger partial charge in [-0.25, -0.2) is 8.78 Å². The van der Waals surface area contributed by atoms with Crippen LogP contribution >= 0.6 is 0 Å². The van der Waals surface area contributed by atoms with Gasteiger partial charge in [0, 0.05) is 5.69 Å². The van der Waals surface area contributed by atoms with Gasteiger partial charge in [-0.2, -0.15) is 5.10 Å². The lowest BCUT2D eigenvalue weighted by Crippen LogP contribution is -2.13. The van der Waals surface area contributed by atoms with E-state index in [0.29, 0.717) is 5.69 Å². The average molecular weight is 218 g/mol. The van der Waals surface area contributed by atoms with Crippen molar-refractivity contribution in [1.82, 2.24) is 9.78 Å². The number of carboxylic acids is 1. The van der Waals surface area contributed by atoms with E-state index in [0.717, 1.165) is 0 Å². The molecule has 15 heavy (non-hydrogen) atoms. The summed E-state index contributed by atoms with van der Waals surface area (Å²) in [4.78, 5) is 10.4. The Kier molecular flexibility index (Phi) is 3.39. The third-order valence-corrected chi connectivity index (χ3v) is 2.05. The first kappa shape index (κ1) is 11.6. The third kappa shape index (κ3) is 2.74. The summed E-state index contributed by atoms with van der Waals surface area (Å²) in [5, 5.41) is 12.2. The summed E-state index contributed by atoms with van der Waals surface area (Å²) in [6.07, 6.45) is -2.76. The summed E-state index contributed by atoms with van der Waals surface area (Å²) in [5.74, 6) is -0.976. The molecule has 0 aliphatic rings. The van der Waals surface area contributed by atoms with Crippen molar-refractivity contribution >= 4 is 5.97 Å². The fourth-order valence-electron chi connectivity index (χ4n) is 1.40. The van der Waals surface area contributed by atoms with Crippen molar-refractivity contribution in [1.29, 1.82) is 0 Å². The number of halogens is 2. The van der Waals surface area contributed by atoms with Crippen molar-refractivity contribution in [2.45, 2.75) is 32.7 Å². The third-order valence-electron chi connectivity index (χ3n) is 2.05. The molecule has 0 bridgehead atoms. The Morgan fingerprint density at radius 2 is 2.27 bits per heavy atom. The number of hydrogen-bond donors (Lipinski definition) is 1. The van der Waals surface area contributed by atoms with Gasteiger partial charge in [-0.3, -0.25) is 9.48 Å². The highest BCUT2D eigenvalue weighted by molar-refractivity contribution is 5.67. The number of carboxylic acid groups (broad SMARTS) is 1. The molecule has 0 radical (unpaired) electrons. The zero-order valence-corrected chi connectivity index (χ0v) is 8.44. The second-order valence-corrected chi connectivity index (χ2v) is 3.40. The number of aliphatic carboxylic acids is 1. The first-order valence-electron chi connectivity index (χ1n) is 4.47. The summed E-state index contributed by atoms with van der Waals surface area (Å²) in [6, 6.07) is 0.846. The molecule has 0 fully saturated rings. The SMILES string of the molecule is Cc1cc(C(F)F)nn1C(C)CC(=O)O. The van der Waals surface area contributed by atoms with Crippen molar-refractivity contribution in [2.24, 2.45) is 0 Å². The fraction of sp³-hybridized carbons (Fsp3) is 0.556. The molecule has 1 aromatic rings. The van der Waals surface area contributed by atoms with E-state index in [2.05, 4.69) is 5.10 Å². The van der Waals surface area contributed by atoms with Crippen molar-refractivity contribution in [3.05, 3.63) is 17.5 Å². The molecule has 0 amide bonds. The summed E-state index contributed by atoms with van der Waals surface area (Å²) in [6.45, 7) is 3.25. The fourth-order valence-corrected chi connectivity index (χ4v) is 1.40. The van der Waals surface area contributed by atoms with Crippen LogP contribution in [-0.2, 0) is 4.79 Å². The largest absolute Gasteiger partial charge is 0.481 e. The van der Waals surface area contributed by atoms with Gasteiger partial charge in [0.25, 0.3) is 6.43 Å². The smallest absolute Gasteiger partial charge is 0.305 e. The van der Waals surface area contributed by atoms with E-state index < -0.39 is 18.4 Å². The number of alkyl halides is 2. The normalized spacial score (nSPS) is 13.1. The molecular weight excluding hydrogens is 206 g/mol. The molecule has 0 aliphatic carbocycles. The standard InChI is InChI=1S/C9H12F2N2O2/c1-5-3-7(9(10)11)12-13(5)6(2)4-8(14)15/h3,6,9H,4H2,1-2H3,(H,14,15). The van der Waals surface area contributed by atoms with Gasteiger partial charge < -0.3 is 5.11 Å². The molecule has 1 aromatic heterocycles. The Morgan fingerprint density at radius 3 is 2.67 bits per heavy atom. The molecule has 0 saturated heterocycles. The molecule has 6 heteroatoms. The average Bonchev–Trinajstić information content (AvgIpc) is 2.46. The minimum Gasteiger partial charge on any atom is -0.481 e. The summed E-state index contributed by atoms with van der Waals surface area (Å²) < 4.78 is 25.9. The molecule has 0 aromatic carbocycles. The lowest BCUT2D eigenvalue weighted by atomic mass is 10.2. The van der Waals surface area contributed by atoms with Gasteiger partial charge in [0.15, 0.2) is 0 Å². The highest BCUT2D eigenvalue weighted by Gasteiger charge is 2.17. The minimum absolute atomic E-state index is 0.134. The van der Waals surface area contributed by atoms with Crippen molar-refractivity contribution in [3.8, 4) is 0 Å². The predicted octanol–water partition coefficient (Wildman–Crippen LogP) is 2.16. The van der Waals surface area contributed by atoms with E-state index in [1.807, 2.05) is 0 Å². The van der Waals surface area contributed by atoms with Crippen LogP contribution in [0.15, 0.2) is 6.07 Å². The van der Waals surface area contributed by atoms with Crippen LogP contribution in [0.3, 0.4) is 0 Å². The first-order valence-corrected chi connectivity index (χ1v) is 4.47. The molecule has 4 nitrogen and oxygen atoms in total. The second kappa shape index (κ2) is 4.37. The maximum absolute atomic E-state index is 12.3. The quantitative estimate of drug-likeness (QED) is 0.842. The lowest BCUT2D eigenvalue weighted by Gasteiger charge is -2.11. The van der Waals surface area contributed by atoms with E-state index in [1.54, 1.807) is 13.8 Å².